The van der Waals surface area contributed by atoms with Gasteiger partial charge in [-0.3, -0.25) is 4.98 Å². The van der Waals surface area contributed by atoms with E-state index in [1.807, 2.05) is 30.6 Å². The fraction of sp³-hybridized carbons (Fsp3) is 0. The molecule has 0 fully saturated rings. The SMILES string of the molecule is Brc1cccc2c1[nH]c1cnccc12. The molecule has 0 bridgehead atoms. The summed E-state index contributed by atoms with van der Waals surface area (Å²) in [6.45, 7) is 0. The number of hydrogen-bond donors (Lipinski definition) is 1. The smallest absolute Gasteiger partial charge is 0.0651 e. The number of aromatic nitrogens is 2. The van der Waals surface area contributed by atoms with Crippen LogP contribution < -0.4 is 0 Å². The van der Waals surface area contributed by atoms with Crippen molar-refractivity contribution in [2.24, 2.45) is 0 Å². The highest BCUT2D eigenvalue weighted by atomic mass is 79.9. The summed E-state index contributed by atoms with van der Waals surface area (Å²) in [6.07, 6.45) is 3.66. The molecule has 3 heteroatoms. The molecule has 3 rings (SSSR count). The lowest BCUT2D eigenvalue weighted by Crippen LogP contribution is -1.69. The van der Waals surface area contributed by atoms with Crippen LogP contribution in [0.25, 0.3) is 21.8 Å². The molecule has 0 atom stereocenters. The van der Waals surface area contributed by atoms with Crippen LogP contribution in [-0.4, -0.2) is 9.97 Å². The Kier molecular flexibility index (Phi) is 1.61. The second kappa shape index (κ2) is 2.82. The van der Waals surface area contributed by atoms with Crippen molar-refractivity contribution in [3.63, 3.8) is 0 Å². The van der Waals surface area contributed by atoms with Crippen molar-refractivity contribution in [3.05, 3.63) is 41.1 Å². The van der Waals surface area contributed by atoms with Crippen molar-refractivity contribution >= 4 is 37.7 Å². The molecule has 14 heavy (non-hydrogen) atoms. The van der Waals surface area contributed by atoms with Crippen LogP contribution in [0.1, 0.15) is 0 Å². The lowest BCUT2D eigenvalue weighted by atomic mass is 10.2. The van der Waals surface area contributed by atoms with Gasteiger partial charge in [0.25, 0.3) is 0 Å². The normalized spacial score (nSPS) is 11.2. The maximum Gasteiger partial charge on any atom is 0.0651 e. The highest BCUT2D eigenvalue weighted by Gasteiger charge is 2.04. The van der Waals surface area contributed by atoms with E-state index >= 15 is 0 Å². The Morgan fingerprint density at radius 1 is 1.14 bits per heavy atom. The van der Waals surface area contributed by atoms with Crippen LogP contribution in [0.3, 0.4) is 0 Å². The standard InChI is InChI=1S/C11H7BrN2/c12-9-3-1-2-8-7-4-5-13-6-10(7)14-11(8)9/h1-6,14H. The van der Waals surface area contributed by atoms with E-state index in [0.717, 1.165) is 15.5 Å². The lowest BCUT2D eigenvalue weighted by molar-refractivity contribution is 1.35. The molecule has 0 saturated heterocycles. The van der Waals surface area contributed by atoms with E-state index in [9.17, 15) is 0 Å². The second-order valence-corrected chi connectivity index (χ2v) is 4.06. The van der Waals surface area contributed by atoms with Crippen molar-refractivity contribution in [3.8, 4) is 0 Å². The minimum Gasteiger partial charge on any atom is -0.352 e. The highest BCUT2D eigenvalue weighted by Crippen LogP contribution is 2.29. The third-order valence-electron chi connectivity index (χ3n) is 2.38. The first-order chi connectivity index (χ1) is 6.86. The van der Waals surface area contributed by atoms with Gasteiger partial charge in [-0.05, 0) is 28.1 Å². The quantitative estimate of drug-likeness (QED) is 0.647. The number of halogens is 1. The summed E-state index contributed by atoms with van der Waals surface area (Å²) in [5.41, 5.74) is 2.21. The number of H-pyrrole nitrogens is 1. The highest BCUT2D eigenvalue weighted by molar-refractivity contribution is 9.10. The van der Waals surface area contributed by atoms with Gasteiger partial charge in [-0.2, -0.15) is 0 Å². The molecule has 68 valence electrons. The zero-order chi connectivity index (χ0) is 9.54. The van der Waals surface area contributed by atoms with Crippen molar-refractivity contribution in [2.45, 2.75) is 0 Å². The first-order valence-corrected chi connectivity index (χ1v) is 5.15. The minimum atomic E-state index is 1.08. The molecule has 3 aromatic rings. The molecule has 0 aliphatic heterocycles. The summed E-state index contributed by atoms with van der Waals surface area (Å²) in [5.74, 6) is 0. The van der Waals surface area contributed by atoms with E-state index < -0.39 is 0 Å². The number of nitrogens with zero attached hydrogens (tertiary/aromatic N) is 1. The van der Waals surface area contributed by atoms with Crippen LogP contribution >= 0.6 is 15.9 Å². The molecule has 2 aromatic heterocycles. The Labute approximate surface area is 89.1 Å². The monoisotopic (exact) mass is 246 g/mol. The van der Waals surface area contributed by atoms with Gasteiger partial charge < -0.3 is 4.98 Å². The number of nitrogens with one attached hydrogen (secondary N) is 1. The molecular weight excluding hydrogens is 240 g/mol. The first-order valence-electron chi connectivity index (χ1n) is 4.36. The summed E-state index contributed by atoms with van der Waals surface area (Å²) in [7, 11) is 0. The van der Waals surface area contributed by atoms with Crippen molar-refractivity contribution in [1.29, 1.82) is 0 Å². The second-order valence-electron chi connectivity index (χ2n) is 3.21. The fourth-order valence-electron chi connectivity index (χ4n) is 1.74. The number of benzene rings is 1. The van der Waals surface area contributed by atoms with Gasteiger partial charge in [0.1, 0.15) is 0 Å². The van der Waals surface area contributed by atoms with Gasteiger partial charge in [-0.25, -0.2) is 0 Å². The van der Waals surface area contributed by atoms with E-state index in [4.69, 9.17) is 0 Å². The predicted octanol–water partition coefficient (Wildman–Crippen LogP) is 3.48. The molecule has 1 N–H and O–H groups in total. The summed E-state index contributed by atoms with van der Waals surface area (Å²) >= 11 is 3.52. The summed E-state index contributed by atoms with van der Waals surface area (Å²) in [4.78, 5) is 7.43. The molecule has 0 saturated carbocycles. The molecule has 0 amide bonds. The predicted molar refractivity (Wildman–Crippen MR) is 61.3 cm³/mol. The molecule has 0 aliphatic carbocycles. The van der Waals surface area contributed by atoms with Crippen molar-refractivity contribution in [2.75, 3.05) is 0 Å². The van der Waals surface area contributed by atoms with Gasteiger partial charge >= 0.3 is 0 Å². The number of rotatable bonds is 0. The summed E-state index contributed by atoms with van der Waals surface area (Å²) in [5, 5.41) is 2.45. The topological polar surface area (TPSA) is 28.7 Å². The molecule has 0 unspecified atom stereocenters. The van der Waals surface area contributed by atoms with Crippen molar-refractivity contribution < 1.29 is 0 Å². The molecule has 1 aromatic carbocycles. The Morgan fingerprint density at radius 2 is 2.07 bits per heavy atom. The van der Waals surface area contributed by atoms with Gasteiger partial charge in [0, 0.05) is 21.4 Å². The number of fused-ring (bicyclic) bond motifs is 3. The van der Waals surface area contributed by atoms with E-state index in [2.05, 4.69) is 32.0 Å². The molecular formula is C11H7BrN2. The average molecular weight is 247 g/mol. The van der Waals surface area contributed by atoms with Crippen LogP contribution in [0.15, 0.2) is 41.1 Å². The maximum atomic E-state index is 4.09. The van der Waals surface area contributed by atoms with Gasteiger partial charge in [0.2, 0.25) is 0 Å². The van der Waals surface area contributed by atoms with E-state index in [0.29, 0.717) is 0 Å². The number of hydrogen-bond acceptors (Lipinski definition) is 1. The van der Waals surface area contributed by atoms with Crippen LogP contribution in [0, 0.1) is 0 Å². The number of aromatic amines is 1. The number of pyridine rings is 1. The molecule has 0 aliphatic rings. The van der Waals surface area contributed by atoms with Crippen LogP contribution in [0.2, 0.25) is 0 Å². The fourth-order valence-corrected chi connectivity index (χ4v) is 2.20. The van der Waals surface area contributed by atoms with Crippen LogP contribution in [-0.2, 0) is 0 Å². The summed E-state index contributed by atoms with van der Waals surface area (Å²) < 4.78 is 1.09. The Morgan fingerprint density at radius 3 is 3.00 bits per heavy atom. The van der Waals surface area contributed by atoms with E-state index in [-0.39, 0.29) is 0 Å². The van der Waals surface area contributed by atoms with Gasteiger partial charge in [-0.1, -0.05) is 12.1 Å². The Balaban J connectivity index is 2.63. The summed E-state index contributed by atoms with van der Waals surface area (Å²) in [6, 6.07) is 8.21. The minimum absolute atomic E-state index is 1.08. The number of para-hydroxylation sites is 1. The first kappa shape index (κ1) is 8.00. The average Bonchev–Trinajstić information content (AvgIpc) is 2.59. The van der Waals surface area contributed by atoms with Gasteiger partial charge in [-0.15, -0.1) is 0 Å². The van der Waals surface area contributed by atoms with E-state index in [1.54, 1.807) is 0 Å². The lowest BCUT2D eigenvalue weighted by Gasteiger charge is -1.91. The van der Waals surface area contributed by atoms with Crippen molar-refractivity contribution in [1.82, 2.24) is 9.97 Å². The molecule has 0 spiro atoms. The van der Waals surface area contributed by atoms with Gasteiger partial charge in [0.05, 0.1) is 17.2 Å². The Hall–Kier alpha value is -1.35. The van der Waals surface area contributed by atoms with Gasteiger partial charge in [0.15, 0.2) is 0 Å². The third-order valence-corrected chi connectivity index (χ3v) is 3.05. The van der Waals surface area contributed by atoms with Crippen LogP contribution in [0.4, 0.5) is 0 Å². The maximum absolute atomic E-state index is 4.09. The molecule has 2 nitrogen and oxygen atoms in total. The molecule has 2 heterocycles. The zero-order valence-corrected chi connectivity index (χ0v) is 8.88. The largest absolute Gasteiger partial charge is 0.352 e. The Bertz CT molecular complexity index is 613. The van der Waals surface area contributed by atoms with E-state index in [1.165, 1.54) is 10.8 Å². The molecule has 0 radical (unpaired) electrons. The zero-order valence-electron chi connectivity index (χ0n) is 7.29. The third kappa shape index (κ3) is 0.990. The van der Waals surface area contributed by atoms with Crippen LogP contribution in [0.5, 0.6) is 0 Å².